The minimum Gasteiger partial charge on any atom is -0.309 e. The molecule has 0 aromatic heterocycles. The van der Waals surface area contributed by atoms with Crippen LogP contribution >= 0.6 is 0 Å². The fourth-order valence-corrected chi connectivity index (χ4v) is 3.82. The number of unbranched alkanes of at least 4 members (excludes halogenated alkanes) is 1. The van der Waals surface area contributed by atoms with Gasteiger partial charge in [-0.15, -0.1) is 0 Å². The van der Waals surface area contributed by atoms with Crippen molar-refractivity contribution in [2.45, 2.75) is 65.0 Å². The first kappa shape index (κ1) is 16.5. The molecule has 0 spiro atoms. The zero-order valence-electron chi connectivity index (χ0n) is 14.2. The normalized spacial score (nSPS) is 25.1. The molecule has 2 heteroatoms. The van der Waals surface area contributed by atoms with Gasteiger partial charge in [0.05, 0.1) is 0 Å². The summed E-state index contributed by atoms with van der Waals surface area (Å²) >= 11 is 0. The first-order chi connectivity index (χ1) is 10.2. The molecule has 0 heterocycles. The van der Waals surface area contributed by atoms with Crippen LogP contribution in [0.5, 0.6) is 0 Å². The third-order valence-electron chi connectivity index (χ3n) is 4.94. The molecule has 0 radical (unpaired) electrons. The van der Waals surface area contributed by atoms with Crippen molar-refractivity contribution in [3.63, 3.8) is 0 Å². The number of nitrogens with zero attached hydrogens (tertiary/aromatic N) is 1. The summed E-state index contributed by atoms with van der Waals surface area (Å²) in [4.78, 5) is 2.70. The van der Waals surface area contributed by atoms with Crippen LogP contribution in [0.2, 0.25) is 0 Å². The van der Waals surface area contributed by atoms with Crippen LogP contribution in [-0.2, 0) is 0 Å². The maximum atomic E-state index is 3.76. The molecular formula is C19H32N2. The summed E-state index contributed by atoms with van der Waals surface area (Å²) in [6.07, 6.45) is 3.85. The predicted octanol–water partition coefficient (Wildman–Crippen LogP) is 4.34. The van der Waals surface area contributed by atoms with Gasteiger partial charge in [0, 0.05) is 12.1 Å². The van der Waals surface area contributed by atoms with Gasteiger partial charge in [-0.1, -0.05) is 58.4 Å². The molecule has 0 bridgehead atoms. The molecule has 0 fully saturated rings. The van der Waals surface area contributed by atoms with Crippen molar-refractivity contribution < 1.29 is 0 Å². The molecule has 118 valence electrons. The smallest absolute Gasteiger partial charge is 0.0481 e. The summed E-state index contributed by atoms with van der Waals surface area (Å²) in [5.74, 6) is 0.664. The van der Waals surface area contributed by atoms with E-state index >= 15 is 0 Å². The van der Waals surface area contributed by atoms with Crippen LogP contribution in [0, 0.1) is 0 Å². The van der Waals surface area contributed by atoms with Crippen molar-refractivity contribution in [1.82, 2.24) is 10.2 Å². The molecule has 21 heavy (non-hydrogen) atoms. The molecule has 0 saturated carbocycles. The van der Waals surface area contributed by atoms with Crippen molar-refractivity contribution in [2.24, 2.45) is 0 Å². The molecule has 3 unspecified atom stereocenters. The SMILES string of the molecule is CCCCN(CC)C1CC(C)c2ccccc2C1NCC. The summed E-state index contributed by atoms with van der Waals surface area (Å²) in [5, 5.41) is 3.76. The van der Waals surface area contributed by atoms with E-state index in [2.05, 4.69) is 62.2 Å². The lowest BCUT2D eigenvalue weighted by Crippen LogP contribution is -2.48. The quantitative estimate of drug-likeness (QED) is 0.803. The van der Waals surface area contributed by atoms with Crippen LogP contribution in [0.4, 0.5) is 0 Å². The van der Waals surface area contributed by atoms with Crippen LogP contribution in [0.3, 0.4) is 0 Å². The fourth-order valence-electron chi connectivity index (χ4n) is 3.82. The van der Waals surface area contributed by atoms with E-state index in [1.165, 1.54) is 31.4 Å². The number of hydrogen-bond acceptors (Lipinski definition) is 2. The Balaban J connectivity index is 2.28. The number of benzene rings is 1. The van der Waals surface area contributed by atoms with Gasteiger partial charge < -0.3 is 5.32 Å². The molecule has 2 rings (SSSR count). The average molecular weight is 288 g/mol. The first-order valence-corrected chi connectivity index (χ1v) is 8.79. The Morgan fingerprint density at radius 2 is 1.86 bits per heavy atom. The Morgan fingerprint density at radius 3 is 2.48 bits per heavy atom. The van der Waals surface area contributed by atoms with Gasteiger partial charge in [-0.05, 0) is 49.5 Å². The van der Waals surface area contributed by atoms with E-state index < -0.39 is 0 Å². The van der Waals surface area contributed by atoms with Crippen LogP contribution in [0.15, 0.2) is 24.3 Å². The van der Waals surface area contributed by atoms with Crippen LogP contribution in [0.25, 0.3) is 0 Å². The Kier molecular flexibility index (Phi) is 6.25. The van der Waals surface area contributed by atoms with Crippen LogP contribution < -0.4 is 5.32 Å². The monoisotopic (exact) mass is 288 g/mol. The minimum atomic E-state index is 0.485. The molecule has 1 aliphatic carbocycles. The van der Waals surface area contributed by atoms with Crippen molar-refractivity contribution in [3.05, 3.63) is 35.4 Å². The predicted molar refractivity (Wildman–Crippen MR) is 91.8 cm³/mol. The Labute approximate surface area is 130 Å². The van der Waals surface area contributed by atoms with E-state index in [0.717, 1.165) is 13.1 Å². The Hall–Kier alpha value is -0.860. The van der Waals surface area contributed by atoms with Crippen LogP contribution in [0.1, 0.15) is 70.0 Å². The Bertz CT molecular complexity index is 429. The fraction of sp³-hybridized carbons (Fsp3) is 0.684. The second kappa shape index (κ2) is 7.95. The van der Waals surface area contributed by atoms with Crippen molar-refractivity contribution in [2.75, 3.05) is 19.6 Å². The molecule has 0 saturated heterocycles. The lowest BCUT2D eigenvalue weighted by atomic mass is 9.77. The van der Waals surface area contributed by atoms with E-state index in [-0.39, 0.29) is 0 Å². The summed E-state index contributed by atoms with van der Waals surface area (Å²) in [6, 6.07) is 10.2. The molecule has 1 N–H and O–H groups in total. The average Bonchev–Trinajstić information content (AvgIpc) is 2.51. The van der Waals surface area contributed by atoms with E-state index in [0.29, 0.717) is 18.0 Å². The summed E-state index contributed by atoms with van der Waals surface area (Å²) in [6.45, 7) is 12.6. The highest BCUT2D eigenvalue weighted by molar-refractivity contribution is 5.36. The van der Waals surface area contributed by atoms with Gasteiger partial charge in [0.1, 0.15) is 0 Å². The van der Waals surface area contributed by atoms with Gasteiger partial charge in [0.15, 0.2) is 0 Å². The third-order valence-corrected chi connectivity index (χ3v) is 4.94. The topological polar surface area (TPSA) is 15.3 Å². The first-order valence-electron chi connectivity index (χ1n) is 8.79. The second-order valence-electron chi connectivity index (χ2n) is 6.35. The van der Waals surface area contributed by atoms with Gasteiger partial charge in [-0.25, -0.2) is 0 Å². The minimum absolute atomic E-state index is 0.485. The second-order valence-corrected chi connectivity index (χ2v) is 6.35. The van der Waals surface area contributed by atoms with Crippen molar-refractivity contribution in [1.29, 1.82) is 0 Å². The van der Waals surface area contributed by atoms with E-state index in [4.69, 9.17) is 0 Å². The molecule has 1 aromatic carbocycles. The third kappa shape index (κ3) is 3.67. The van der Waals surface area contributed by atoms with Gasteiger partial charge in [-0.3, -0.25) is 4.90 Å². The maximum absolute atomic E-state index is 3.76. The molecular weight excluding hydrogens is 256 g/mol. The molecule has 0 amide bonds. The van der Waals surface area contributed by atoms with E-state index in [1.54, 1.807) is 5.56 Å². The van der Waals surface area contributed by atoms with Crippen LogP contribution in [-0.4, -0.2) is 30.6 Å². The standard InChI is InChI=1S/C19H32N2/c1-5-8-13-21(7-3)18-14-15(4)16-11-9-10-12-17(16)19(18)20-6-2/h9-12,15,18-20H,5-8,13-14H2,1-4H3. The number of fused-ring (bicyclic) bond motifs is 1. The van der Waals surface area contributed by atoms with Crippen molar-refractivity contribution in [3.8, 4) is 0 Å². The van der Waals surface area contributed by atoms with Gasteiger partial charge in [-0.2, -0.15) is 0 Å². The molecule has 1 aromatic rings. The lowest BCUT2D eigenvalue weighted by Gasteiger charge is -2.43. The lowest BCUT2D eigenvalue weighted by molar-refractivity contribution is 0.138. The van der Waals surface area contributed by atoms with E-state index in [1.807, 2.05) is 0 Å². The number of likely N-dealkylation sites (N-methyl/N-ethyl adjacent to an activating group) is 2. The number of rotatable bonds is 7. The maximum Gasteiger partial charge on any atom is 0.0481 e. The zero-order chi connectivity index (χ0) is 15.2. The van der Waals surface area contributed by atoms with Gasteiger partial charge >= 0.3 is 0 Å². The summed E-state index contributed by atoms with van der Waals surface area (Å²) in [5.41, 5.74) is 3.07. The highest BCUT2D eigenvalue weighted by Gasteiger charge is 2.35. The molecule has 1 aliphatic rings. The highest BCUT2D eigenvalue weighted by atomic mass is 15.2. The summed E-state index contributed by atoms with van der Waals surface area (Å²) < 4.78 is 0. The largest absolute Gasteiger partial charge is 0.309 e. The number of nitrogens with one attached hydrogen (secondary N) is 1. The zero-order valence-corrected chi connectivity index (χ0v) is 14.2. The van der Waals surface area contributed by atoms with Gasteiger partial charge in [0.2, 0.25) is 0 Å². The summed E-state index contributed by atoms with van der Waals surface area (Å²) in [7, 11) is 0. The van der Waals surface area contributed by atoms with Gasteiger partial charge in [0.25, 0.3) is 0 Å². The molecule has 0 aliphatic heterocycles. The molecule has 2 nitrogen and oxygen atoms in total. The highest BCUT2D eigenvalue weighted by Crippen LogP contribution is 2.39. The van der Waals surface area contributed by atoms with Crippen molar-refractivity contribution >= 4 is 0 Å². The van der Waals surface area contributed by atoms with E-state index in [9.17, 15) is 0 Å². The molecule has 3 atom stereocenters. The Morgan fingerprint density at radius 1 is 1.14 bits per heavy atom. The number of hydrogen-bond donors (Lipinski definition) is 1.